The number of Topliss-reactive ketones (excluding diaryl/α,β-unsaturated/α-hetero) is 1. The molecule has 0 fully saturated rings. The summed E-state index contributed by atoms with van der Waals surface area (Å²) in [4.78, 5) is 50.9. The zero-order valence-electron chi connectivity index (χ0n) is 15.4. The van der Waals surface area contributed by atoms with Gasteiger partial charge in [-0.15, -0.1) is 0 Å². The number of aliphatic hydroxyl groups is 1. The van der Waals surface area contributed by atoms with Crippen LogP contribution in [0.3, 0.4) is 0 Å². The molecule has 5 rings (SSSR count). The van der Waals surface area contributed by atoms with Crippen molar-refractivity contribution in [2.75, 3.05) is 5.32 Å². The Bertz CT molecular complexity index is 1240. The zero-order valence-corrected chi connectivity index (χ0v) is 15.4. The number of amides is 1. The van der Waals surface area contributed by atoms with Crippen LogP contribution in [0, 0.1) is 0 Å². The third-order valence-corrected chi connectivity index (χ3v) is 5.84. The van der Waals surface area contributed by atoms with Gasteiger partial charge < -0.3 is 19.7 Å². The third kappa shape index (κ3) is 2.17. The number of aromatic nitrogens is 1. The van der Waals surface area contributed by atoms with Gasteiger partial charge in [0.05, 0.1) is 23.4 Å². The van der Waals surface area contributed by atoms with E-state index in [-0.39, 0.29) is 47.5 Å². The number of rotatable bonds is 1. The Labute approximate surface area is 164 Å². The molecule has 0 radical (unpaired) electrons. The highest BCUT2D eigenvalue weighted by molar-refractivity contribution is 6.37. The number of ketones is 1. The minimum Gasteiger partial charge on any atom is -0.458 e. The molecule has 0 aliphatic carbocycles. The minimum atomic E-state index is -1.98. The highest BCUT2D eigenvalue weighted by atomic mass is 16.6. The van der Waals surface area contributed by atoms with E-state index in [1.165, 1.54) is 10.6 Å². The van der Waals surface area contributed by atoms with Crippen LogP contribution >= 0.6 is 0 Å². The molecule has 1 aromatic heterocycles. The van der Waals surface area contributed by atoms with Crippen molar-refractivity contribution in [1.29, 1.82) is 0 Å². The van der Waals surface area contributed by atoms with Crippen LogP contribution in [-0.2, 0) is 33.1 Å². The van der Waals surface area contributed by atoms with E-state index in [1.54, 1.807) is 31.2 Å². The summed E-state index contributed by atoms with van der Waals surface area (Å²) in [6, 6.07) is 8.40. The highest BCUT2D eigenvalue weighted by Crippen LogP contribution is 2.39. The normalized spacial score (nSPS) is 24.7. The van der Waals surface area contributed by atoms with Crippen LogP contribution < -0.4 is 10.9 Å². The summed E-state index contributed by atoms with van der Waals surface area (Å²) in [6.07, 6.45) is -0.000352. The Hall–Kier alpha value is -3.52. The fraction of sp³-hybridized carbons (Fsp3) is 0.238. The van der Waals surface area contributed by atoms with Gasteiger partial charge in [0.2, 0.25) is 5.78 Å². The number of carbonyl (C=O) groups excluding carboxylic acids is 3. The minimum absolute atomic E-state index is 0.000352. The molecule has 8 nitrogen and oxygen atoms in total. The highest BCUT2D eigenvalue weighted by Gasteiger charge is 2.46. The van der Waals surface area contributed by atoms with Gasteiger partial charge in [0.25, 0.3) is 11.5 Å². The van der Waals surface area contributed by atoms with Crippen molar-refractivity contribution in [3.63, 3.8) is 0 Å². The van der Waals surface area contributed by atoms with E-state index in [4.69, 9.17) is 4.74 Å². The summed E-state index contributed by atoms with van der Waals surface area (Å²) < 4.78 is 6.28. The number of benzene rings is 1. The first kappa shape index (κ1) is 17.6. The predicted octanol–water partition coefficient (Wildman–Crippen LogP) is 1.10. The second-order valence-corrected chi connectivity index (χ2v) is 7.29. The molecule has 3 aliphatic heterocycles. The van der Waals surface area contributed by atoms with Crippen molar-refractivity contribution in [3.05, 3.63) is 68.6 Å². The van der Waals surface area contributed by atoms with Crippen molar-refractivity contribution in [2.45, 2.75) is 32.1 Å². The van der Waals surface area contributed by atoms with Crippen molar-refractivity contribution >= 4 is 28.9 Å². The number of carbonyl (C=O) groups is 3. The molecule has 1 aromatic carbocycles. The van der Waals surface area contributed by atoms with Crippen molar-refractivity contribution in [2.24, 2.45) is 0 Å². The van der Waals surface area contributed by atoms with E-state index < -0.39 is 28.8 Å². The van der Waals surface area contributed by atoms with Crippen LogP contribution in [0.15, 0.2) is 40.7 Å². The Kier molecular flexibility index (Phi) is 3.48. The Morgan fingerprint density at radius 3 is 2.72 bits per heavy atom. The average molecular weight is 392 g/mol. The first-order valence-electron chi connectivity index (χ1n) is 9.22. The summed E-state index contributed by atoms with van der Waals surface area (Å²) in [5, 5.41) is 13.5. The predicted molar refractivity (Wildman–Crippen MR) is 101 cm³/mol. The van der Waals surface area contributed by atoms with E-state index in [0.29, 0.717) is 11.3 Å². The van der Waals surface area contributed by atoms with Crippen LogP contribution in [0.2, 0.25) is 0 Å². The molecule has 0 spiro atoms. The van der Waals surface area contributed by atoms with Crippen LogP contribution in [0.25, 0.3) is 5.57 Å². The fourth-order valence-electron chi connectivity index (χ4n) is 4.24. The lowest BCUT2D eigenvalue weighted by atomic mass is 9.86. The second-order valence-electron chi connectivity index (χ2n) is 7.29. The summed E-state index contributed by atoms with van der Waals surface area (Å²) in [7, 11) is 0. The van der Waals surface area contributed by atoms with E-state index in [0.717, 1.165) is 0 Å². The Morgan fingerprint density at radius 2 is 1.97 bits per heavy atom. The van der Waals surface area contributed by atoms with Crippen molar-refractivity contribution in [1.82, 2.24) is 4.57 Å². The number of ether oxygens (including phenoxy) is 1. The second kappa shape index (κ2) is 5.74. The number of nitrogens with one attached hydrogen (secondary N) is 1. The molecular formula is C21H16N2O6. The zero-order chi connectivity index (χ0) is 20.5. The van der Waals surface area contributed by atoms with Gasteiger partial charge in [-0.25, -0.2) is 4.79 Å². The Balaban J connectivity index is 1.73. The lowest BCUT2D eigenvalue weighted by Crippen LogP contribution is -2.44. The number of pyridine rings is 1. The average Bonchev–Trinajstić information content (AvgIpc) is 3.21. The molecular weight excluding hydrogens is 376 g/mol. The standard InChI is InChI=1S/C21H16N2O6/c1-2-21(28)13-7-15-17(24)11(8-23(15)19(26)12(13)9-29-20(21)27)16-10-5-3-4-6-14(10)22-18(16)25/h3-7,28H,2,8-9H2,1H3,(H,22,25)/b16-11-/t21-/m1/s1. The molecule has 2 N–H and O–H groups in total. The first-order valence-corrected chi connectivity index (χ1v) is 9.22. The molecule has 146 valence electrons. The molecule has 0 saturated heterocycles. The van der Waals surface area contributed by atoms with Gasteiger partial charge in [-0.2, -0.15) is 0 Å². The van der Waals surface area contributed by atoms with Crippen LogP contribution in [-0.4, -0.2) is 27.3 Å². The van der Waals surface area contributed by atoms with Crippen molar-refractivity contribution < 1.29 is 24.2 Å². The third-order valence-electron chi connectivity index (χ3n) is 5.84. The molecule has 8 heteroatoms. The quantitative estimate of drug-likeness (QED) is 0.555. The lowest BCUT2D eigenvalue weighted by molar-refractivity contribution is -0.172. The summed E-state index contributed by atoms with van der Waals surface area (Å²) in [6.45, 7) is 1.27. The van der Waals surface area contributed by atoms with E-state index >= 15 is 0 Å². The summed E-state index contributed by atoms with van der Waals surface area (Å²) >= 11 is 0. The van der Waals surface area contributed by atoms with Gasteiger partial charge >= 0.3 is 5.97 Å². The molecule has 0 bridgehead atoms. The van der Waals surface area contributed by atoms with Gasteiger partial charge in [-0.05, 0) is 18.6 Å². The van der Waals surface area contributed by atoms with Crippen LogP contribution in [0.4, 0.5) is 5.69 Å². The van der Waals surface area contributed by atoms with Gasteiger partial charge in [0.15, 0.2) is 5.60 Å². The number of nitrogens with zero attached hydrogens (tertiary/aromatic N) is 1. The number of fused-ring (bicyclic) bond motifs is 3. The maximum absolute atomic E-state index is 13.2. The number of hydrogen-bond donors (Lipinski definition) is 2. The first-order chi connectivity index (χ1) is 13.9. The number of para-hydroxylation sites is 1. The van der Waals surface area contributed by atoms with E-state index in [9.17, 15) is 24.3 Å². The van der Waals surface area contributed by atoms with Crippen LogP contribution in [0.5, 0.6) is 0 Å². The van der Waals surface area contributed by atoms with Gasteiger partial charge in [0, 0.05) is 22.4 Å². The van der Waals surface area contributed by atoms with Crippen LogP contribution in [0.1, 0.15) is 40.5 Å². The number of allylic oxidation sites excluding steroid dienone is 1. The molecule has 1 amide bonds. The maximum atomic E-state index is 13.2. The van der Waals surface area contributed by atoms with Crippen molar-refractivity contribution in [3.8, 4) is 0 Å². The Morgan fingerprint density at radius 1 is 1.21 bits per heavy atom. The SMILES string of the molecule is CC[C@]1(O)C(=O)OCc2c1cc1n(c2=O)C/C(=C2/C(=O)Nc3ccccc32)C1=O. The number of hydrogen-bond acceptors (Lipinski definition) is 6. The smallest absolute Gasteiger partial charge is 0.343 e. The topological polar surface area (TPSA) is 115 Å². The summed E-state index contributed by atoms with van der Waals surface area (Å²) in [5.74, 6) is -1.71. The summed E-state index contributed by atoms with van der Waals surface area (Å²) in [5.41, 5.74) is -0.525. The number of cyclic esters (lactones) is 1. The van der Waals surface area contributed by atoms with E-state index in [2.05, 4.69) is 5.32 Å². The molecule has 0 saturated carbocycles. The molecule has 29 heavy (non-hydrogen) atoms. The number of anilines is 1. The molecule has 4 heterocycles. The van der Waals surface area contributed by atoms with Gasteiger partial charge in [-0.3, -0.25) is 14.4 Å². The number of esters is 1. The lowest BCUT2D eigenvalue weighted by Gasteiger charge is -2.31. The fourth-order valence-corrected chi connectivity index (χ4v) is 4.24. The molecule has 3 aliphatic rings. The van der Waals surface area contributed by atoms with Gasteiger partial charge in [-0.1, -0.05) is 25.1 Å². The molecule has 1 atom stereocenters. The maximum Gasteiger partial charge on any atom is 0.343 e. The van der Waals surface area contributed by atoms with E-state index in [1.807, 2.05) is 0 Å². The van der Waals surface area contributed by atoms with Gasteiger partial charge in [0.1, 0.15) is 6.61 Å². The molecule has 2 aromatic rings. The largest absolute Gasteiger partial charge is 0.458 e. The monoisotopic (exact) mass is 392 g/mol. The molecule has 0 unspecified atom stereocenters.